The summed E-state index contributed by atoms with van der Waals surface area (Å²) in [5, 5.41) is 12.6. The molecule has 0 atom stereocenters. The third-order valence-electron chi connectivity index (χ3n) is 1.88. The van der Waals surface area contributed by atoms with Crippen molar-refractivity contribution in [2.75, 3.05) is 13.2 Å². The first-order chi connectivity index (χ1) is 8.25. The third kappa shape index (κ3) is 4.55. The predicted octanol–water partition coefficient (Wildman–Crippen LogP) is 2.18. The molecular formula is C12H15NO4. The van der Waals surface area contributed by atoms with Crippen LogP contribution < -0.4 is 4.74 Å². The van der Waals surface area contributed by atoms with Crippen LogP contribution in [-0.4, -0.2) is 30.5 Å². The lowest BCUT2D eigenvalue weighted by atomic mass is 10.2. The minimum absolute atomic E-state index is 0.135. The van der Waals surface area contributed by atoms with E-state index in [0.29, 0.717) is 12.4 Å². The van der Waals surface area contributed by atoms with Crippen molar-refractivity contribution in [1.82, 2.24) is 0 Å². The molecule has 0 aliphatic rings. The maximum Gasteiger partial charge on any atom is 0.339 e. The van der Waals surface area contributed by atoms with Gasteiger partial charge in [0.25, 0.3) is 0 Å². The topological polar surface area (TPSA) is 68.1 Å². The fraction of sp³-hybridized carbons (Fsp3) is 0.333. The molecule has 0 bridgehead atoms. The Balaban J connectivity index is 2.46. The summed E-state index contributed by atoms with van der Waals surface area (Å²) >= 11 is 0. The Kier molecular flexibility index (Phi) is 5.57. The van der Waals surface area contributed by atoms with Crippen molar-refractivity contribution < 1.29 is 19.5 Å². The van der Waals surface area contributed by atoms with Gasteiger partial charge in [-0.15, -0.1) is 0 Å². The van der Waals surface area contributed by atoms with Crippen LogP contribution >= 0.6 is 0 Å². The van der Waals surface area contributed by atoms with Crippen molar-refractivity contribution in [3.8, 4) is 5.75 Å². The van der Waals surface area contributed by atoms with E-state index in [2.05, 4.69) is 5.16 Å². The van der Waals surface area contributed by atoms with E-state index in [1.807, 2.05) is 6.92 Å². The van der Waals surface area contributed by atoms with Crippen molar-refractivity contribution in [2.24, 2.45) is 5.16 Å². The molecule has 0 unspecified atom stereocenters. The fourth-order valence-corrected chi connectivity index (χ4v) is 1.12. The van der Waals surface area contributed by atoms with Gasteiger partial charge >= 0.3 is 5.97 Å². The summed E-state index contributed by atoms with van der Waals surface area (Å²) in [6.07, 6.45) is 2.34. The highest BCUT2D eigenvalue weighted by Gasteiger charge is 2.08. The maximum atomic E-state index is 10.9. The summed E-state index contributed by atoms with van der Waals surface area (Å²) in [5.41, 5.74) is 0.135. The third-order valence-corrected chi connectivity index (χ3v) is 1.88. The first-order valence-corrected chi connectivity index (χ1v) is 5.34. The molecule has 0 fully saturated rings. The van der Waals surface area contributed by atoms with Gasteiger partial charge in [-0.05, 0) is 18.6 Å². The molecule has 0 radical (unpaired) electrons. The van der Waals surface area contributed by atoms with E-state index in [4.69, 9.17) is 14.7 Å². The number of hydrogen-bond acceptors (Lipinski definition) is 4. The highest BCUT2D eigenvalue weighted by atomic mass is 16.6. The average Bonchev–Trinajstić information content (AvgIpc) is 2.34. The minimum atomic E-state index is -1.01. The summed E-state index contributed by atoms with van der Waals surface area (Å²) in [5.74, 6) is -0.693. The maximum absolute atomic E-state index is 10.9. The molecule has 1 aromatic carbocycles. The van der Waals surface area contributed by atoms with E-state index in [1.54, 1.807) is 18.2 Å². The molecule has 0 saturated heterocycles. The lowest BCUT2D eigenvalue weighted by Gasteiger charge is -2.05. The van der Waals surface area contributed by atoms with Gasteiger partial charge in [0.2, 0.25) is 0 Å². The second-order valence-corrected chi connectivity index (χ2v) is 3.23. The molecule has 0 spiro atoms. The van der Waals surface area contributed by atoms with E-state index in [-0.39, 0.29) is 12.2 Å². The van der Waals surface area contributed by atoms with Gasteiger partial charge in [0, 0.05) is 0 Å². The average molecular weight is 237 g/mol. The van der Waals surface area contributed by atoms with Crippen molar-refractivity contribution in [3.63, 3.8) is 0 Å². The SMILES string of the molecule is CCCON=CCOc1ccccc1C(=O)O. The number of rotatable bonds is 7. The summed E-state index contributed by atoms with van der Waals surface area (Å²) in [4.78, 5) is 15.7. The zero-order chi connectivity index (χ0) is 12.5. The molecule has 0 heterocycles. The number of carbonyl (C=O) groups is 1. The predicted molar refractivity (Wildman–Crippen MR) is 63.6 cm³/mol. The van der Waals surface area contributed by atoms with Crippen LogP contribution in [0.3, 0.4) is 0 Å². The van der Waals surface area contributed by atoms with Crippen LogP contribution in [-0.2, 0) is 4.84 Å². The molecule has 1 N–H and O–H groups in total. The van der Waals surface area contributed by atoms with Crippen molar-refractivity contribution in [2.45, 2.75) is 13.3 Å². The number of oxime groups is 1. The Morgan fingerprint density at radius 1 is 1.47 bits per heavy atom. The monoisotopic (exact) mass is 237 g/mol. The van der Waals surface area contributed by atoms with E-state index >= 15 is 0 Å². The molecule has 5 heteroatoms. The largest absolute Gasteiger partial charge is 0.487 e. The Morgan fingerprint density at radius 2 is 2.24 bits per heavy atom. The summed E-state index contributed by atoms with van der Waals surface area (Å²) < 4.78 is 5.27. The highest BCUT2D eigenvalue weighted by molar-refractivity contribution is 5.90. The number of ether oxygens (including phenoxy) is 1. The molecule has 0 saturated carbocycles. The fourth-order valence-electron chi connectivity index (χ4n) is 1.12. The number of hydrogen-bond donors (Lipinski definition) is 1. The molecule has 1 aromatic rings. The lowest BCUT2D eigenvalue weighted by Crippen LogP contribution is -2.05. The number of para-hydroxylation sites is 1. The van der Waals surface area contributed by atoms with Crippen LogP contribution in [0.15, 0.2) is 29.4 Å². The Labute approximate surface area is 99.7 Å². The number of carboxylic acid groups (broad SMARTS) is 1. The van der Waals surface area contributed by atoms with E-state index in [0.717, 1.165) is 6.42 Å². The van der Waals surface area contributed by atoms with Crippen LogP contribution in [0.25, 0.3) is 0 Å². The van der Waals surface area contributed by atoms with Gasteiger partial charge in [0.05, 0.1) is 6.21 Å². The Morgan fingerprint density at radius 3 is 2.94 bits per heavy atom. The summed E-state index contributed by atoms with van der Waals surface area (Å²) in [6, 6.07) is 6.45. The van der Waals surface area contributed by atoms with Crippen LogP contribution in [0.4, 0.5) is 0 Å². The smallest absolute Gasteiger partial charge is 0.339 e. The van der Waals surface area contributed by atoms with Gasteiger partial charge in [-0.1, -0.05) is 24.2 Å². The van der Waals surface area contributed by atoms with Gasteiger partial charge in [-0.25, -0.2) is 4.79 Å². The molecule has 1 rings (SSSR count). The first kappa shape index (κ1) is 13.0. The van der Waals surface area contributed by atoms with Crippen molar-refractivity contribution in [3.05, 3.63) is 29.8 Å². The van der Waals surface area contributed by atoms with Crippen LogP contribution in [0.5, 0.6) is 5.75 Å². The van der Waals surface area contributed by atoms with Crippen molar-refractivity contribution >= 4 is 12.2 Å². The summed E-state index contributed by atoms with van der Waals surface area (Å²) in [6.45, 7) is 2.71. The van der Waals surface area contributed by atoms with Crippen LogP contribution in [0.1, 0.15) is 23.7 Å². The number of carboxylic acids is 1. The number of aromatic carboxylic acids is 1. The van der Waals surface area contributed by atoms with Gasteiger partial charge in [-0.3, -0.25) is 0 Å². The highest BCUT2D eigenvalue weighted by Crippen LogP contribution is 2.17. The molecule has 0 aromatic heterocycles. The van der Waals surface area contributed by atoms with Crippen molar-refractivity contribution in [1.29, 1.82) is 0 Å². The zero-order valence-electron chi connectivity index (χ0n) is 9.63. The van der Waals surface area contributed by atoms with E-state index in [9.17, 15) is 4.79 Å². The van der Waals surface area contributed by atoms with Gasteiger partial charge < -0.3 is 14.7 Å². The minimum Gasteiger partial charge on any atom is -0.487 e. The molecule has 0 aliphatic heterocycles. The van der Waals surface area contributed by atoms with Gasteiger partial charge in [0.1, 0.15) is 24.5 Å². The van der Waals surface area contributed by atoms with Crippen LogP contribution in [0.2, 0.25) is 0 Å². The molecule has 92 valence electrons. The first-order valence-electron chi connectivity index (χ1n) is 5.34. The van der Waals surface area contributed by atoms with E-state index < -0.39 is 5.97 Å². The molecule has 5 nitrogen and oxygen atoms in total. The van der Waals surface area contributed by atoms with Crippen LogP contribution in [0, 0.1) is 0 Å². The second-order valence-electron chi connectivity index (χ2n) is 3.23. The molecule has 0 amide bonds. The van der Waals surface area contributed by atoms with E-state index in [1.165, 1.54) is 12.3 Å². The Hall–Kier alpha value is -2.04. The second kappa shape index (κ2) is 7.27. The quantitative estimate of drug-likeness (QED) is 0.448. The summed E-state index contributed by atoms with van der Waals surface area (Å²) in [7, 11) is 0. The Bertz CT molecular complexity index is 390. The standard InChI is InChI=1S/C12H15NO4/c1-2-8-17-13-7-9-16-11-6-4-3-5-10(11)12(14)15/h3-7H,2,8-9H2,1H3,(H,14,15). The lowest BCUT2D eigenvalue weighted by molar-refractivity contribution is 0.0693. The molecule has 0 aliphatic carbocycles. The van der Waals surface area contributed by atoms with Gasteiger partial charge in [0.15, 0.2) is 0 Å². The number of benzene rings is 1. The zero-order valence-corrected chi connectivity index (χ0v) is 9.63. The molecule has 17 heavy (non-hydrogen) atoms. The van der Waals surface area contributed by atoms with Gasteiger partial charge in [-0.2, -0.15) is 0 Å². The number of nitrogens with zero attached hydrogens (tertiary/aromatic N) is 1. The normalized spacial score (nSPS) is 10.4. The molecular weight excluding hydrogens is 222 g/mol.